The zero-order chi connectivity index (χ0) is 11.1. The summed E-state index contributed by atoms with van der Waals surface area (Å²) in [4.78, 5) is 2.35. The molecule has 0 aliphatic carbocycles. The molecule has 15 heavy (non-hydrogen) atoms. The minimum atomic E-state index is 0.576. The Hall–Kier alpha value is -1.02. The van der Waals surface area contributed by atoms with E-state index in [9.17, 15) is 0 Å². The standard InChI is InChI=1S/C13H22N2/c1-4-12(11-14-5-2)15(3)13-9-7-6-8-10-13/h6-10,12,14H,4-5,11H2,1-3H3. The summed E-state index contributed by atoms with van der Waals surface area (Å²) in [7, 11) is 2.17. The Morgan fingerprint density at radius 3 is 2.40 bits per heavy atom. The summed E-state index contributed by atoms with van der Waals surface area (Å²) in [6.07, 6.45) is 1.17. The van der Waals surface area contributed by atoms with Gasteiger partial charge in [0.2, 0.25) is 0 Å². The van der Waals surface area contributed by atoms with E-state index in [4.69, 9.17) is 0 Å². The average molecular weight is 206 g/mol. The van der Waals surface area contributed by atoms with Crippen LogP contribution in [0.5, 0.6) is 0 Å². The van der Waals surface area contributed by atoms with E-state index in [1.165, 1.54) is 12.1 Å². The smallest absolute Gasteiger partial charge is 0.0408 e. The molecule has 0 amide bonds. The van der Waals surface area contributed by atoms with E-state index in [1.54, 1.807) is 0 Å². The first-order valence-corrected chi connectivity index (χ1v) is 5.78. The Labute approximate surface area is 93.3 Å². The molecule has 1 rings (SSSR count). The first-order valence-electron chi connectivity index (χ1n) is 5.78. The fraction of sp³-hybridized carbons (Fsp3) is 0.538. The predicted octanol–water partition coefficient (Wildman–Crippen LogP) is 2.51. The first-order chi connectivity index (χ1) is 7.29. The number of nitrogens with one attached hydrogen (secondary N) is 1. The van der Waals surface area contributed by atoms with E-state index in [0.717, 1.165) is 13.1 Å². The van der Waals surface area contributed by atoms with Crippen LogP contribution in [0.1, 0.15) is 20.3 Å². The summed E-state index contributed by atoms with van der Waals surface area (Å²) in [5, 5.41) is 3.41. The van der Waals surface area contributed by atoms with Gasteiger partial charge in [-0.2, -0.15) is 0 Å². The number of para-hydroxylation sites is 1. The molecule has 0 bridgehead atoms. The van der Waals surface area contributed by atoms with Crippen LogP contribution in [-0.4, -0.2) is 26.2 Å². The van der Waals surface area contributed by atoms with Crippen LogP contribution in [0.4, 0.5) is 5.69 Å². The van der Waals surface area contributed by atoms with Gasteiger partial charge in [0.05, 0.1) is 0 Å². The summed E-state index contributed by atoms with van der Waals surface area (Å²) >= 11 is 0. The van der Waals surface area contributed by atoms with Gasteiger partial charge in [0.15, 0.2) is 0 Å². The van der Waals surface area contributed by atoms with Gasteiger partial charge < -0.3 is 10.2 Å². The van der Waals surface area contributed by atoms with Crippen LogP contribution in [0, 0.1) is 0 Å². The van der Waals surface area contributed by atoms with E-state index in [0.29, 0.717) is 6.04 Å². The van der Waals surface area contributed by atoms with Crippen molar-refractivity contribution in [2.45, 2.75) is 26.3 Å². The molecule has 0 spiro atoms. The van der Waals surface area contributed by atoms with Crippen molar-refractivity contribution < 1.29 is 0 Å². The van der Waals surface area contributed by atoms with Gasteiger partial charge >= 0.3 is 0 Å². The van der Waals surface area contributed by atoms with Crippen LogP contribution in [-0.2, 0) is 0 Å². The number of benzene rings is 1. The van der Waals surface area contributed by atoms with Crippen molar-refractivity contribution in [3.05, 3.63) is 30.3 Å². The highest BCUT2D eigenvalue weighted by Crippen LogP contribution is 2.15. The fourth-order valence-corrected chi connectivity index (χ4v) is 1.74. The van der Waals surface area contributed by atoms with Crippen LogP contribution in [0.2, 0.25) is 0 Å². The third-order valence-corrected chi connectivity index (χ3v) is 2.81. The average Bonchev–Trinajstić information content (AvgIpc) is 2.31. The molecule has 0 saturated carbocycles. The molecule has 0 saturated heterocycles. The molecular formula is C13H22N2. The summed E-state index contributed by atoms with van der Waals surface area (Å²) in [5.41, 5.74) is 1.29. The van der Waals surface area contributed by atoms with E-state index < -0.39 is 0 Å². The second-order valence-corrected chi connectivity index (χ2v) is 3.82. The lowest BCUT2D eigenvalue weighted by molar-refractivity contribution is 0.551. The molecule has 0 aliphatic heterocycles. The normalized spacial score (nSPS) is 12.5. The summed E-state index contributed by atoms with van der Waals surface area (Å²) in [6.45, 7) is 6.48. The predicted molar refractivity (Wildman–Crippen MR) is 67.5 cm³/mol. The lowest BCUT2D eigenvalue weighted by Gasteiger charge is -2.29. The Kier molecular flexibility index (Phi) is 5.19. The van der Waals surface area contributed by atoms with Gasteiger partial charge in [-0.25, -0.2) is 0 Å². The maximum atomic E-state index is 3.41. The SMILES string of the molecule is CCNCC(CC)N(C)c1ccccc1. The van der Waals surface area contributed by atoms with Crippen molar-refractivity contribution in [3.8, 4) is 0 Å². The Morgan fingerprint density at radius 2 is 1.87 bits per heavy atom. The monoisotopic (exact) mass is 206 g/mol. The van der Waals surface area contributed by atoms with Gasteiger partial charge in [0.1, 0.15) is 0 Å². The molecule has 0 fully saturated rings. The molecule has 0 radical (unpaired) electrons. The fourth-order valence-electron chi connectivity index (χ4n) is 1.74. The lowest BCUT2D eigenvalue weighted by Crippen LogP contribution is -2.39. The number of hydrogen-bond acceptors (Lipinski definition) is 2. The molecule has 2 heteroatoms. The van der Waals surface area contributed by atoms with Gasteiger partial charge in [0.25, 0.3) is 0 Å². The van der Waals surface area contributed by atoms with Gasteiger partial charge in [-0.15, -0.1) is 0 Å². The van der Waals surface area contributed by atoms with Crippen molar-refractivity contribution in [1.82, 2.24) is 5.32 Å². The Balaban J connectivity index is 2.60. The summed E-state index contributed by atoms with van der Waals surface area (Å²) in [5.74, 6) is 0. The molecular weight excluding hydrogens is 184 g/mol. The Bertz CT molecular complexity index is 258. The number of anilines is 1. The maximum Gasteiger partial charge on any atom is 0.0408 e. The largest absolute Gasteiger partial charge is 0.370 e. The van der Waals surface area contributed by atoms with E-state index in [1.807, 2.05) is 0 Å². The molecule has 2 nitrogen and oxygen atoms in total. The third-order valence-electron chi connectivity index (χ3n) is 2.81. The first kappa shape index (κ1) is 12.1. The van der Waals surface area contributed by atoms with Gasteiger partial charge in [-0.1, -0.05) is 32.0 Å². The Morgan fingerprint density at radius 1 is 1.20 bits per heavy atom. The molecule has 0 aliphatic rings. The third kappa shape index (κ3) is 3.56. The van der Waals surface area contributed by atoms with Crippen molar-refractivity contribution in [2.24, 2.45) is 0 Å². The number of hydrogen-bond donors (Lipinski definition) is 1. The van der Waals surface area contributed by atoms with Crippen molar-refractivity contribution in [1.29, 1.82) is 0 Å². The van der Waals surface area contributed by atoms with Crippen LogP contribution in [0.3, 0.4) is 0 Å². The molecule has 1 aromatic carbocycles. The van der Waals surface area contributed by atoms with E-state index in [-0.39, 0.29) is 0 Å². The highest BCUT2D eigenvalue weighted by Gasteiger charge is 2.11. The van der Waals surface area contributed by atoms with E-state index in [2.05, 4.69) is 61.4 Å². The molecule has 1 N–H and O–H groups in total. The minimum absolute atomic E-state index is 0.576. The van der Waals surface area contributed by atoms with Gasteiger partial charge in [0, 0.05) is 25.3 Å². The molecule has 1 unspecified atom stereocenters. The maximum absolute atomic E-state index is 3.41. The lowest BCUT2D eigenvalue weighted by atomic mass is 10.1. The second-order valence-electron chi connectivity index (χ2n) is 3.82. The van der Waals surface area contributed by atoms with Crippen molar-refractivity contribution in [3.63, 3.8) is 0 Å². The second kappa shape index (κ2) is 6.46. The number of nitrogens with zero attached hydrogens (tertiary/aromatic N) is 1. The quantitative estimate of drug-likeness (QED) is 0.769. The molecule has 0 heterocycles. The zero-order valence-electron chi connectivity index (χ0n) is 10.0. The van der Waals surface area contributed by atoms with Crippen LogP contribution >= 0.6 is 0 Å². The molecule has 1 atom stereocenters. The van der Waals surface area contributed by atoms with Gasteiger partial charge in [-0.3, -0.25) is 0 Å². The van der Waals surface area contributed by atoms with Gasteiger partial charge in [-0.05, 0) is 25.1 Å². The topological polar surface area (TPSA) is 15.3 Å². The van der Waals surface area contributed by atoms with Crippen molar-refractivity contribution in [2.75, 3.05) is 25.0 Å². The number of likely N-dealkylation sites (N-methyl/N-ethyl adjacent to an activating group) is 2. The van der Waals surface area contributed by atoms with Crippen LogP contribution in [0.25, 0.3) is 0 Å². The van der Waals surface area contributed by atoms with Crippen molar-refractivity contribution >= 4 is 5.69 Å². The highest BCUT2D eigenvalue weighted by molar-refractivity contribution is 5.46. The van der Waals surface area contributed by atoms with Crippen LogP contribution < -0.4 is 10.2 Å². The van der Waals surface area contributed by atoms with Crippen LogP contribution in [0.15, 0.2) is 30.3 Å². The summed E-state index contributed by atoms with van der Waals surface area (Å²) in [6, 6.07) is 11.1. The minimum Gasteiger partial charge on any atom is -0.370 e. The molecule has 1 aromatic rings. The molecule has 0 aromatic heterocycles. The zero-order valence-corrected chi connectivity index (χ0v) is 10.0. The molecule has 84 valence electrons. The number of rotatable bonds is 6. The summed E-state index contributed by atoms with van der Waals surface area (Å²) < 4.78 is 0. The van der Waals surface area contributed by atoms with E-state index >= 15 is 0 Å². The highest BCUT2D eigenvalue weighted by atomic mass is 15.1.